The van der Waals surface area contributed by atoms with Crippen LogP contribution in [-0.4, -0.2) is 25.3 Å². The molecular formula is C19H17ClN2O4. The summed E-state index contributed by atoms with van der Waals surface area (Å²) in [6.07, 6.45) is 0. The van der Waals surface area contributed by atoms with Crippen molar-refractivity contribution in [1.29, 1.82) is 0 Å². The quantitative estimate of drug-likeness (QED) is 0.710. The molecule has 6 nitrogen and oxygen atoms in total. The number of hydrogen-bond donors (Lipinski definition) is 1. The lowest BCUT2D eigenvalue weighted by Gasteiger charge is -2.11. The molecule has 26 heavy (non-hydrogen) atoms. The Morgan fingerprint density at radius 3 is 2.50 bits per heavy atom. The first-order valence-electron chi connectivity index (χ1n) is 7.79. The van der Waals surface area contributed by atoms with E-state index in [9.17, 15) is 4.79 Å². The third-order valence-corrected chi connectivity index (χ3v) is 4.11. The van der Waals surface area contributed by atoms with Crippen molar-refractivity contribution in [2.45, 2.75) is 6.92 Å². The molecular weight excluding hydrogens is 356 g/mol. The number of benzene rings is 2. The van der Waals surface area contributed by atoms with Crippen LogP contribution in [0.2, 0.25) is 5.02 Å². The molecule has 2 aromatic carbocycles. The highest BCUT2D eigenvalue weighted by molar-refractivity contribution is 6.30. The van der Waals surface area contributed by atoms with Crippen molar-refractivity contribution in [2.75, 3.05) is 19.5 Å². The standard InChI is InChI=1S/C19H17ClN2O4/c1-11-17(18(26-22-11)12-4-6-13(20)7-5-12)19(23)21-15-9-8-14(24-2)10-16(15)25-3/h4-10H,1-3H3,(H,21,23). The molecule has 0 atom stereocenters. The summed E-state index contributed by atoms with van der Waals surface area (Å²) in [5.41, 5.74) is 2.06. The minimum absolute atomic E-state index is 0.350. The highest BCUT2D eigenvalue weighted by atomic mass is 35.5. The summed E-state index contributed by atoms with van der Waals surface area (Å²) in [6.45, 7) is 1.71. The molecule has 0 aliphatic rings. The molecule has 7 heteroatoms. The number of hydrogen-bond acceptors (Lipinski definition) is 5. The fourth-order valence-electron chi connectivity index (χ4n) is 2.52. The van der Waals surface area contributed by atoms with Crippen LogP contribution in [0, 0.1) is 6.92 Å². The van der Waals surface area contributed by atoms with Gasteiger partial charge in [0.2, 0.25) is 0 Å². The molecule has 0 saturated heterocycles. The van der Waals surface area contributed by atoms with Crippen molar-refractivity contribution in [3.05, 3.63) is 58.7 Å². The van der Waals surface area contributed by atoms with Gasteiger partial charge in [-0.05, 0) is 43.3 Å². The SMILES string of the molecule is COc1ccc(NC(=O)c2c(C)noc2-c2ccc(Cl)cc2)c(OC)c1. The van der Waals surface area contributed by atoms with Crippen molar-refractivity contribution in [3.63, 3.8) is 0 Å². The molecule has 0 spiro atoms. The Balaban J connectivity index is 1.94. The Labute approximate surface area is 155 Å². The van der Waals surface area contributed by atoms with E-state index in [-0.39, 0.29) is 5.91 Å². The van der Waals surface area contributed by atoms with Crippen LogP contribution in [0.1, 0.15) is 16.1 Å². The van der Waals surface area contributed by atoms with Crippen LogP contribution in [-0.2, 0) is 0 Å². The summed E-state index contributed by atoms with van der Waals surface area (Å²) in [7, 11) is 3.08. The normalized spacial score (nSPS) is 10.5. The molecule has 3 aromatic rings. The second kappa shape index (κ2) is 7.49. The van der Waals surface area contributed by atoms with Crippen molar-refractivity contribution in [1.82, 2.24) is 5.16 Å². The number of nitrogens with one attached hydrogen (secondary N) is 1. The lowest BCUT2D eigenvalue weighted by Crippen LogP contribution is -2.14. The summed E-state index contributed by atoms with van der Waals surface area (Å²) in [5.74, 6) is 1.14. The second-order valence-corrected chi connectivity index (χ2v) is 5.94. The molecule has 3 rings (SSSR count). The van der Waals surface area contributed by atoms with Crippen molar-refractivity contribution in [3.8, 4) is 22.8 Å². The largest absolute Gasteiger partial charge is 0.497 e. The zero-order valence-corrected chi connectivity index (χ0v) is 15.3. The summed E-state index contributed by atoms with van der Waals surface area (Å²) in [5, 5.41) is 7.36. The molecule has 0 bridgehead atoms. The average molecular weight is 373 g/mol. The maximum Gasteiger partial charge on any atom is 0.261 e. The van der Waals surface area contributed by atoms with Crippen LogP contribution < -0.4 is 14.8 Å². The molecule has 1 amide bonds. The third kappa shape index (κ3) is 3.50. The van der Waals surface area contributed by atoms with Crippen LogP contribution in [0.5, 0.6) is 11.5 Å². The number of methoxy groups -OCH3 is 2. The van der Waals surface area contributed by atoms with E-state index in [0.29, 0.717) is 44.8 Å². The number of ether oxygens (including phenoxy) is 2. The zero-order chi connectivity index (χ0) is 18.7. The number of anilines is 1. The summed E-state index contributed by atoms with van der Waals surface area (Å²) in [6, 6.07) is 12.1. The number of halogens is 1. The van der Waals surface area contributed by atoms with E-state index in [0.717, 1.165) is 0 Å². The van der Waals surface area contributed by atoms with Crippen LogP contribution >= 0.6 is 11.6 Å². The van der Waals surface area contributed by atoms with Crippen LogP contribution in [0.15, 0.2) is 47.0 Å². The van der Waals surface area contributed by atoms with E-state index in [4.69, 9.17) is 25.6 Å². The van der Waals surface area contributed by atoms with Gasteiger partial charge in [0.1, 0.15) is 17.1 Å². The zero-order valence-electron chi connectivity index (χ0n) is 14.5. The first-order valence-corrected chi connectivity index (χ1v) is 8.17. The summed E-state index contributed by atoms with van der Waals surface area (Å²) >= 11 is 5.92. The van der Waals surface area contributed by atoms with Gasteiger partial charge in [0, 0.05) is 16.7 Å². The van der Waals surface area contributed by atoms with Crippen LogP contribution in [0.4, 0.5) is 5.69 Å². The molecule has 0 aliphatic carbocycles. The first kappa shape index (κ1) is 17.8. The summed E-state index contributed by atoms with van der Waals surface area (Å²) < 4.78 is 15.9. The van der Waals surface area contributed by atoms with E-state index in [1.54, 1.807) is 56.5 Å². The van der Waals surface area contributed by atoms with E-state index in [1.165, 1.54) is 7.11 Å². The lowest BCUT2D eigenvalue weighted by atomic mass is 10.1. The summed E-state index contributed by atoms with van der Waals surface area (Å²) in [4.78, 5) is 12.9. The maximum atomic E-state index is 12.9. The smallest absolute Gasteiger partial charge is 0.261 e. The molecule has 1 heterocycles. The fourth-order valence-corrected chi connectivity index (χ4v) is 2.65. The Morgan fingerprint density at radius 1 is 1.12 bits per heavy atom. The van der Waals surface area contributed by atoms with Gasteiger partial charge in [0.15, 0.2) is 5.76 Å². The van der Waals surface area contributed by atoms with E-state index < -0.39 is 0 Å². The molecule has 0 saturated carbocycles. The lowest BCUT2D eigenvalue weighted by molar-refractivity contribution is 0.102. The Hall–Kier alpha value is -2.99. The van der Waals surface area contributed by atoms with E-state index >= 15 is 0 Å². The number of nitrogens with zero attached hydrogens (tertiary/aromatic N) is 1. The molecule has 0 radical (unpaired) electrons. The predicted octanol–water partition coefficient (Wildman–Crippen LogP) is 4.57. The molecule has 1 aromatic heterocycles. The average Bonchev–Trinajstić information content (AvgIpc) is 3.04. The van der Waals surface area contributed by atoms with Gasteiger partial charge in [-0.1, -0.05) is 16.8 Å². The Kier molecular flexibility index (Phi) is 5.14. The number of amides is 1. The van der Waals surface area contributed by atoms with Gasteiger partial charge in [0.25, 0.3) is 5.91 Å². The highest BCUT2D eigenvalue weighted by Crippen LogP contribution is 2.32. The van der Waals surface area contributed by atoms with Crippen molar-refractivity contribution < 1.29 is 18.8 Å². The van der Waals surface area contributed by atoms with Crippen molar-refractivity contribution in [2.24, 2.45) is 0 Å². The highest BCUT2D eigenvalue weighted by Gasteiger charge is 2.23. The predicted molar refractivity (Wildman–Crippen MR) is 99.2 cm³/mol. The number of aryl methyl sites for hydroxylation is 1. The monoisotopic (exact) mass is 372 g/mol. The van der Waals surface area contributed by atoms with Crippen LogP contribution in [0.3, 0.4) is 0 Å². The van der Waals surface area contributed by atoms with Gasteiger partial charge in [-0.15, -0.1) is 0 Å². The minimum Gasteiger partial charge on any atom is -0.497 e. The Bertz CT molecular complexity index is 935. The second-order valence-electron chi connectivity index (χ2n) is 5.50. The van der Waals surface area contributed by atoms with E-state index in [1.807, 2.05) is 0 Å². The topological polar surface area (TPSA) is 73.6 Å². The van der Waals surface area contributed by atoms with Crippen LogP contribution in [0.25, 0.3) is 11.3 Å². The molecule has 1 N–H and O–H groups in total. The Morgan fingerprint density at radius 2 is 1.85 bits per heavy atom. The number of aromatic nitrogens is 1. The molecule has 0 unspecified atom stereocenters. The van der Waals surface area contributed by atoms with Gasteiger partial charge in [-0.25, -0.2) is 0 Å². The molecule has 134 valence electrons. The third-order valence-electron chi connectivity index (χ3n) is 3.85. The molecule has 0 fully saturated rings. The van der Waals surface area contributed by atoms with Gasteiger partial charge in [0.05, 0.1) is 25.6 Å². The van der Waals surface area contributed by atoms with Crippen molar-refractivity contribution >= 4 is 23.2 Å². The van der Waals surface area contributed by atoms with Gasteiger partial charge < -0.3 is 19.3 Å². The first-order chi connectivity index (χ1) is 12.5. The van der Waals surface area contributed by atoms with Gasteiger partial charge in [-0.2, -0.15) is 0 Å². The van der Waals surface area contributed by atoms with E-state index in [2.05, 4.69) is 10.5 Å². The minimum atomic E-state index is -0.350. The van der Waals surface area contributed by atoms with Gasteiger partial charge >= 0.3 is 0 Å². The number of carbonyl (C=O) groups is 1. The van der Waals surface area contributed by atoms with Gasteiger partial charge in [-0.3, -0.25) is 4.79 Å². The molecule has 0 aliphatic heterocycles. The number of rotatable bonds is 5. The number of carbonyl (C=O) groups excluding carboxylic acids is 1. The maximum absolute atomic E-state index is 12.9. The fraction of sp³-hybridized carbons (Fsp3) is 0.158.